The number of ether oxygens (including phenoxy) is 1. The summed E-state index contributed by atoms with van der Waals surface area (Å²) >= 11 is 0. The number of hydrogen-bond donors (Lipinski definition) is 0. The third-order valence-electron chi connectivity index (χ3n) is 5.70. The van der Waals surface area contributed by atoms with Crippen LogP contribution in [0.1, 0.15) is 55.4 Å². The molecule has 0 spiro atoms. The summed E-state index contributed by atoms with van der Waals surface area (Å²) in [6.45, 7) is 9.27. The molecule has 0 bridgehead atoms. The van der Waals surface area contributed by atoms with Crippen LogP contribution in [-0.4, -0.2) is 28.5 Å². The fourth-order valence-corrected chi connectivity index (χ4v) is 4.08. The molecule has 1 saturated heterocycles. The van der Waals surface area contributed by atoms with E-state index >= 15 is 0 Å². The van der Waals surface area contributed by atoms with Gasteiger partial charge < -0.3 is 9.30 Å². The second kappa shape index (κ2) is 9.80. The molecule has 0 unspecified atom stereocenters. The van der Waals surface area contributed by atoms with Crippen molar-refractivity contribution < 1.29 is 9.53 Å². The molecular weight excluding hydrogens is 408 g/mol. The van der Waals surface area contributed by atoms with Gasteiger partial charge in [0.25, 0.3) is 0 Å². The zero-order chi connectivity index (χ0) is 21.1. The fourth-order valence-electron chi connectivity index (χ4n) is 4.08. The van der Waals surface area contributed by atoms with Crippen molar-refractivity contribution in [2.45, 2.75) is 45.6 Å². The van der Waals surface area contributed by atoms with E-state index in [2.05, 4.69) is 31.5 Å². The molecule has 0 aliphatic carbocycles. The van der Waals surface area contributed by atoms with Gasteiger partial charge in [-0.05, 0) is 24.8 Å². The van der Waals surface area contributed by atoms with Crippen molar-refractivity contribution in [3.05, 3.63) is 77.7 Å². The Morgan fingerprint density at radius 3 is 2.39 bits per heavy atom. The number of hydrogen-bond acceptors (Lipinski definition) is 3. The van der Waals surface area contributed by atoms with Gasteiger partial charge in [-0.25, -0.2) is 4.98 Å². The van der Waals surface area contributed by atoms with Crippen LogP contribution in [0.4, 0.5) is 0 Å². The van der Waals surface area contributed by atoms with E-state index < -0.39 is 0 Å². The Bertz CT molecular complexity index is 1020. The highest BCUT2D eigenvalue weighted by Gasteiger charge is 2.25. The Kier molecular flexibility index (Phi) is 7.34. The number of benzene rings is 2. The van der Waals surface area contributed by atoms with Crippen molar-refractivity contribution in [2.75, 3.05) is 13.2 Å². The zero-order valence-electron chi connectivity index (χ0n) is 18.5. The fraction of sp³-hybridized carbons (Fsp3) is 0.385. The number of ketones is 1. The summed E-state index contributed by atoms with van der Waals surface area (Å²) in [4.78, 5) is 17.9. The molecule has 0 radical (unpaired) electrons. The number of aromatic nitrogens is 2. The van der Waals surface area contributed by atoms with Crippen LogP contribution in [0.5, 0.6) is 0 Å². The molecule has 1 fully saturated rings. The zero-order valence-corrected chi connectivity index (χ0v) is 19.3. The molecule has 1 aliphatic heterocycles. The van der Waals surface area contributed by atoms with Crippen molar-refractivity contribution in [1.29, 1.82) is 0 Å². The molecule has 0 atom stereocenters. The molecule has 1 aromatic heterocycles. The summed E-state index contributed by atoms with van der Waals surface area (Å²) in [6, 6.07) is 17.2. The molecular formula is C26H31ClN2O2. The first-order valence-corrected chi connectivity index (χ1v) is 10.8. The first-order valence-electron chi connectivity index (χ1n) is 10.8. The lowest BCUT2D eigenvalue weighted by Gasteiger charge is -2.25. The second-order valence-electron chi connectivity index (χ2n) is 9.18. The minimum absolute atomic E-state index is 0. The Morgan fingerprint density at radius 2 is 1.71 bits per heavy atom. The molecule has 2 heterocycles. The first-order chi connectivity index (χ1) is 14.4. The molecule has 0 N–H and O–H groups in total. The Morgan fingerprint density at radius 1 is 1.03 bits per heavy atom. The largest absolute Gasteiger partial charge is 0.381 e. The van der Waals surface area contributed by atoms with Crippen LogP contribution >= 0.6 is 12.4 Å². The Labute approximate surface area is 191 Å². The highest BCUT2D eigenvalue weighted by atomic mass is 35.5. The molecule has 5 heteroatoms. The smallest absolute Gasteiger partial charge is 0.193 e. The van der Waals surface area contributed by atoms with Crippen LogP contribution in [0.15, 0.2) is 60.8 Å². The van der Waals surface area contributed by atoms with Gasteiger partial charge in [-0.2, -0.15) is 0 Å². The maximum Gasteiger partial charge on any atom is 0.193 e. The molecule has 164 valence electrons. The van der Waals surface area contributed by atoms with Crippen LogP contribution in [0, 0.1) is 5.92 Å². The average Bonchev–Trinajstić information content (AvgIpc) is 3.19. The van der Waals surface area contributed by atoms with E-state index in [4.69, 9.17) is 9.72 Å². The summed E-state index contributed by atoms with van der Waals surface area (Å²) in [6.07, 6.45) is 4.35. The minimum atomic E-state index is -0.0547. The molecule has 3 aromatic rings. The third-order valence-corrected chi connectivity index (χ3v) is 5.70. The Hall–Kier alpha value is -2.43. The van der Waals surface area contributed by atoms with Gasteiger partial charge in [0.05, 0.1) is 5.69 Å². The molecule has 31 heavy (non-hydrogen) atoms. The molecule has 0 saturated carbocycles. The van der Waals surface area contributed by atoms with Gasteiger partial charge in [0.2, 0.25) is 0 Å². The maximum atomic E-state index is 12.9. The lowest BCUT2D eigenvalue weighted by atomic mass is 9.94. The summed E-state index contributed by atoms with van der Waals surface area (Å²) in [5, 5.41) is 0. The van der Waals surface area contributed by atoms with E-state index in [0.717, 1.165) is 49.7 Å². The first kappa shape index (κ1) is 23.2. The molecule has 2 aromatic carbocycles. The highest BCUT2D eigenvalue weighted by Crippen LogP contribution is 2.29. The topological polar surface area (TPSA) is 44.1 Å². The minimum Gasteiger partial charge on any atom is -0.381 e. The van der Waals surface area contributed by atoms with Crippen molar-refractivity contribution in [1.82, 2.24) is 9.55 Å². The van der Waals surface area contributed by atoms with Crippen LogP contribution in [0.2, 0.25) is 0 Å². The van der Waals surface area contributed by atoms with Gasteiger partial charge in [0.1, 0.15) is 5.82 Å². The molecule has 4 rings (SSSR count). The van der Waals surface area contributed by atoms with Crippen molar-refractivity contribution >= 4 is 18.2 Å². The van der Waals surface area contributed by atoms with Gasteiger partial charge in [-0.15, -0.1) is 12.4 Å². The Balaban J connectivity index is 0.00000272. The van der Waals surface area contributed by atoms with Gasteiger partial charge in [0.15, 0.2) is 5.78 Å². The number of nitrogens with zero attached hydrogens (tertiary/aromatic N) is 2. The molecule has 1 aliphatic rings. The quantitative estimate of drug-likeness (QED) is 0.464. The summed E-state index contributed by atoms with van der Waals surface area (Å²) < 4.78 is 7.84. The number of imidazole rings is 1. The predicted octanol–water partition coefficient (Wildman–Crippen LogP) is 5.93. The lowest BCUT2D eigenvalue weighted by molar-refractivity contribution is 0.0607. The summed E-state index contributed by atoms with van der Waals surface area (Å²) in [5.74, 6) is 1.74. The standard InChI is InChI=1S/C26H30N2O2.ClH/c1-26(2,3)25-27-23(18-28(25)17-19-12-14-30-15-13-19)21-10-7-11-22(16-21)24(29)20-8-5-4-6-9-20;/h4-11,16,18-19H,12-15,17H2,1-3H3;1H. The van der Waals surface area contributed by atoms with Crippen molar-refractivity contribution in [2.24, 2.45) is 5.92 Å². The molecule has 4 nitrogen and oxygen atoms in total. The highest BCUT2D eigenvalue weighted by molar-refractivity contribution is 6.09. The number of halogens is 1. The van der Waals surface area contributed by atoms with E-state index in [1.165, 1.54) is 0 Å². The monoisotopic (exact) mass is 438 g/mol. The number of carbonyl (C=O) groups excluding carboxylic acids is 1. The van der Waals surface area contributed by atoms with Gasteiger partial charge in [-0.1, -0.05) is 69.3 Å². The average molecular weight is 439 g/mol. The van der Waals surface area contributed by atoms with Crippen LogP contribution in [-0.2, 0) is 16.7 Å². The second-order valence-corrected chi connectivity index (χ2v) is 9.18. The number of carbonyl (C=O) groups is 1. The van der Waals surface area contributed by atoms with E-state index in [9.17, 15) is 4.79 Å². The maximum absolute atomic E-state index is 12.9. The summed E-state index contributed by atoms with van der Waals surface area (Å²) in [7, 11) is 0. The van der Waals surface area contributed by atoms with E-state index in [1.807, 2.05) is 54.6 Å². The van der Waals surface area contributed by atoms with Gasteiger partial charge in [0, 0.05) is 48.1 Å². The van der Waals surface area contributed by atoms with Crippen LogP contribution in [0.25, 0.3) is 11.3 Å². The predicted molar refractivity (Wildman–Crippen MR) is 127 cm³/mol. The van der Waals surface area contributed by atoms with Crippen molar-refractivity contribution in [3.63, 3.8) is 0 Å². The van der Waals surface area contributed by atoms with E-state index in [1.54, 1.807) is 0 Å². The molecule has 0 amide bonds. The summed E-state index contributed by atoms with van der Waals surface area (Å²) in [5.41, 5.74) is 3.24. The normalized spacial score (nSPS) is 14.8. The lowest BCUT2D eigenvalue weighted by Crippen LogP contribution is -2.24. The van der Waals surface area contributed by atoms with Crippen LogP contribution < -0.4 is 0 Å². The third kappa shape index (κ3) is 5.44. The van der Waals surface area contributed by atoms with E-state index in [-0.39, 0.29) is 23.6 Å². The SMILES string of the molecule is CC(C)(C)c1nc(-c2cccc(C(=O)c3ccccc3)c2)cn1CC1CCOCC1.Cl. The van der Waals surface area contributed by atoms with E-state index in [0.29, 0.717) is 17.0 Å². The van der Waals surface area contributed by atoms with Gasteiger partial charge >= 0.3 is 0 Å². The van der Waals surface area contributed by atoms with Crippen molar-refractivity contribution in [3.8, 4) is 11.3 Å². The number of rotatable bonds is 5. The van der Waals surface area contributed by atoms with Gasteiger partial charge in [-0.3, -0.25) is 4.79 Å². The van der Waals surface area contributed by atoms with Crippen LogP contribution in [0.3, 0.4) is 0 Å².